The number of benzene rings is 1. The number of allylic oxidation sites excluding steroid dienone is 1. The molecule has 7 nitrogen and oxygen atoms in total. The van der Waals surface area contributed by atoms with Crippen LogP contribution in [0.25, 0.3) is 11.6 Å². The number of aromatic nitrogens is 3. The number of hydrazone groups is 1. The fraction of sp³-hybridized carbons (Fsp3) is 0.278. The van der Waals surface area contributed by atoms with Crippen LogP contribution in [0.2, 0.25) is 5.02 Å². The van der Waals surface area contributed by atoms with Crippen molar-refractivity contribution in [1.82, 2.24) is 15.0 Å². The largest absolute Gasteiger partial charge is 0.368 e. The number of nitriles is 1. The number of anilines is 2. The van der Waals surface area contributed by atoms with Crippen molar-refractivity contribution in [1.29, 1.82) is 5.26 Å². The predicted octanol–water partition coefficient (Wildman–Crippen LogP) is 3.54. The first kappa shape index (κ1) is 17.8. The lowest BCUT2D eigenvalue weighted by atomic mass is 9.99. The van der Waals surface area contributed by atoms with Gasteiger partial charge < -0.3 is 5.73 Å². The van der Waals surface area contributed by atoms with Gasteiger partial charge in [-0.3, -0.25) is 0 Å². The molecule has 0 saturated heterocycles. The van der Waals surface area contributed by atoms with E-state index in [0.29, 0.717) is 11.0 Å². The highest BCUT2D eigenvalue weighted by molar-refractivity contribution is 6.30. The normalized spacial score (nSPS) is 16.3. The summed E-state index contributed by atoms with van der Waals surface area (Å²) >= 11 is 5.90. The van der Waals surface area contributed by atoms with E-state index in [1.54, 1.807) is 23.2 Å². The van der Waals surface area contributed by atoms with E-state index in [2.05, 4.69) is 26.1 Å². The van der Waals surface area contributed by atoms with Gasteiger partial charge in [0.15, 0.2) is 5.82 Å². The van der Waals surface area contributed by atoms with Crippen LogP contribution in [-0.4, -0.2) is 26.2 Å². The summed E-state index contributed by atoms with van der Waals surface area (Å²) in [4.78, 5) is 12.8. The van der Waals surface area contributed by atoms with Crippen molar-refractivity contribution in [3.05, 3.63) is 40.7 Å². The number of halogens is 1. The Balaban J connectivity index is 2.04. The van der Waals surface area contributed by atoms with E-state index in [0.717, 1.165) is 17.7 Å². The highest BCUT2D eigenvalue weighted by atomic mass is 35.5. The summed E-state index contributed by atoms with van der Waals surface area (Å²) in [6.45, 7) is 6.04. The van der Waals surface area contributed by atoms with Crippen LogP contribution in [0.3, 0.4) is 0 Å². The zero-order chi connectivity index (χ0) is 18.9. The number of nitrogens with zero attached hydrogens (tertiary/aromatic N) is 6. The molecule has 3 rings (SSSR count). The predicted molar refractivity (Wildman–Crippen MR) is 103 cm³/mol. The van der Waals surface area contributed by atoms with Gasteiger partial charge in [0.1, 0.15) is 6.07 Å². The fourth-order valence-electron chi connectivity index (χ4n) is 2.83. The highest BCUT2D eigenvalue weighted by Crippen LogP contribution is 2.31. The first-order chi connectivity index (χ1) is 12.3. The molecular formula is C18H18ClN7. The van der Waals surface area contributed by atoms with Crippen LogP contribution in [0.1, 0.15) is 38.6 Å². The zero-order valence-electron chi connectivity index (χ0n) is 14.7. The molecule has 0 aliphatic carbocycles. The first-order valence-electron chi connectivity index (χ1n) is 8.02. The summed E-state index contributed by atoms with van der Waals surface area (Å²) in [6, 6.07) is 9.24. The molecule has 2 aromatic rings. The molecule has 1 aliphatic rings. The first-order valence-corrected chi connectivity index (χ1v) is 8.40. The number of hydrogen-bond acceptors (Lipinski definition) is 7. The van der Waals surface area contributed by atoms with Crippen molar-refractivity contribution in [2.45, 2.75) is 32.7 Å². The van der Waals surface area contributed by atoms with Crippen molar-refractivity contribution in [2.24, 2.45) is 5.10 Å². The maximum Gasteiger partial charge on any atom is 0.252 e. The minimum Gasteiger partial charge on any atom is -0.368 e. The quantitative estimate of drug-likeness (QED) is 0.832. The highest BCUT2D eigenvalue weighted by Gasteiger charge is 2.35. The molecule has 0 spiro atoms. The average molecular weight is 368 g/mol. The lowest BCUT2D eigenvalue weighted by Gasteiger charge is -2.28. The van der Waals surface area contributed by atoms with E-state index in [-0.39, 0.29) is 22.9 Å². The third-order valence-electron chi connectivity index (χ3n) is 3.91. The van der Waals surface area contributed by atoms with Crippen molar-refractivity contribution < 1.29 is 0 Å². The van der Waals surface area contributed by atoms with Crippen LogP contribution in [0.4, 0.5) is 11.9 Å². The molecule has 26 heavy (non-hydrogen) atoms. The van der Waals surface area contributed by atoms with Gasteiger partial charge in [0.2, 0.25) is 5.95 Å². The third kappa shape index (κ3) is 3.65. The van der Waals surface area contributed by atoms with Crippen molar-refractivity contribution in [3.8, 4) is 6.07 Å². The average Bonchev–Trinajstić information content (AvgIpc) is 2.86. The number of nitrogens with two attached hydrogens (primary N) is 1. The van der Waals surface area contributed by atoms with Crippen LogP contribution in [0.5, 0.6) is 0 Å². The molecule has 2 heterocycles. The Bertz CT molecular complexity index is 939. The molecule has 132 valence electrons. The monoisotopic (exact) mass is 367 g/mol. The second-order valence-corrected chi connectivity index (χ2v) is 7.11. The molecule has 1 aliphatic heterocycles. The molecular weight excluding hydrogens is 350 g/mol. The molecule has 0 unspecified atom stereocenters. The van der Waals surface area contributed by atoms with Crippen LogP contribution in [0.15, 0.2) is 29.4 Å². The van der Waals surface area contributed by atoms with Crippen LogP contribution in [-0.2, 0) is 0 Å². The third-order valence-corrected chi connectivity index (χ3v) is 4.16. The van der Waals surface area contributed by atoms with Crippen molar-refractivity contribution in [2.75, 3.05) is 10.7 Å². The number of rotatable bonds is 3. The van der Waals surface area contributed by atoms with Crippen LogP contribution < -0.4 is 10.7 Å². The Morgan fingerprint density at radius 1 is 1.27 bits per heavy atom. The summed E-state index contributed by atoms with van der Waals surface area (Å²) < 4.78 is 0. The van der Waals surface area contributed by atoms with E-state index in [9.17, 15) is 5.26 Å². The Hall–Kier alpha value is -2.98. The Kier molecular flexibility index (Phi) is 4.62. The number of hydrogen-bond donors (Lipinski definition) is 1. The Labute approximate surface area is 156 Å². The van der Waals surface area contributed by atoms with E-state index in [1.807, 2.05) is 32.9 Å². The molecule has 1 aromatic carbocycles. The van der Waals surface area contributed by atoms with Gasteiger partial charge in [-0.25, -0.2) is 5.01 Å². The maximum absolute atomic E-state index is 9.56. The van der Waals surface area contributed by atoms with Crippen molar-refractivity contribution >= 4 is 40.9 Å². The summed E-state index contributed by atoms with van der Waals surface area (Å²) in [5.41, 5.74) is 7.65. The molecule has 1 aromatic heterocycles. The van der Waals surface area contributed by atoms with Gasteiger partial charge in [-0.1, -0.05) is 23.7 Å². The second kappa shape index (κ2) is 6.73. The molecule has 8 heteroatoms. The summed E-state index contributed by atoms with van der Waals surface area (Å²) in [6.07, 6.45) is 2.47. The standard InChI is InChI=1S/C18H18ClN7/c1-11-9-18(2,3)26(25-11)17-23-15(22-16(21)24-17)13(10-20)8-12-4-6-14(19)7-5-12/h4-8H,9H2,1-3H3,(H2,21,22,23,24). The maximum atomic E-state index is 9.56. The number of nitrogen functional groups attached to an aromatic ring is 1. The molecule has 0 bridgehead atoms. The zero-order valence-corrected chi connectivity index (χ0v) is 15.5. The minimum absolute atomic E-state index is 0.0396. The topological polar surface area (TPSA) is 104 Å². The Morgan fingerprint density at radius 2 is 1.96 bits per heavy atom. The van der Waals surface area contributed by atoms with Gasteiger partial charge in [-0.15, -0.1) is 0 Å². The van der Waals surface area contributed by atoms with Gasteiger partial charge in [0, 0.05) is 17.2 Å². The van der Waals surface area contributed by atoms with E-state index >= 15 is 0 Å². The van der Waals surface area contributed by atoms with Gasteiger partial charge in [0.05, 0.1) is 11.1 Å². The van der Waals surface area contributed by atoms with Gasteiger partial charge in [-0.05, 0) is 44.5 Å². The van der Waals surface area contributed by atoms with Gasteiger partial charge >= 0.3 is 0 Å². The van der Waals surface area contributed by atoms with E-state index < -0.39 is 0 Å². The van der Waals surface area contributed by atoms with E-state index in [4.69, 9.17) is 17.3 Å². The molecule has 0 fully saturated rings. The smallest absolute Gasteiger partial charge is 0.252 e. The molecule has 0 radical (unpaired) electrons. The molecule has 2 N–H and O–H groups in total. The van der Waals surface area contributed by atoms with E-state index in [1.165, 1.54) is 0 Å². The molecule has 0 amide bonds. The summed E-state index contributed by atoms with van der Waals surface area (Å²) in [5, 5.41) is 16.4. The molecule has 0 saturated carbocycles. The lowest BCUT2D eigenvalue weighted by Crippen LogP contribution is -2.37. The van der Waals surface area contributed by atoms with Gasteiger partial charge in [0.25, 0.3) is 5.95 Å². The Morgan fingerprint density at radius 3 is 2.54 bits per heavy atom. The fourth-order valence-corrected chi connectivity index (χ4v) is 2.95. The second-order valence-electron chi connectivity index (χ2n) is 6.67. The summed E-state index contributed by atoms with van der Waals surface area (Å²) in [7, 11) is 0. The van der Waals surface area contributed by atoms with Crippen LogP contribution >= 0.6 is 11.6 Å². The lowest BCUT2D eigenvalue weighted by molar-refractivity contribution is 0.505. The van der Waals surface area contributed by atoms with Crippen molar-refractivity contribution in [3.63, 3.8) is 0 Å². The van der Waals surface area contributed by atoms with Crippen LogP contribution in [0, 0.1) is 11.3 Å². The minimum atomic E-state index is -0.276. The molecule has 0 atom stereocenters. The SMILES string of the molecule is CC1=NN(c2nc(N)nc(C(C#N)=Cc3ccc(Cl)cc3)n2)C(C)(C)C1. The van der Waals surface area contributed by atoms with Gasteiger partial charge in [-0.2, -0.15) is 25.3 Å². The summed E-state index contributed by atoms with van der Waals surface area (Å²) in [5.74, 6) is 0.574.